The van der Waals surface area contributed by atoms with Gasteiger partial charge in [0.05, 0.1) is 12.1 Å². The SMILES string of the molecule is CN=C(NCc1nnc(C)n1C)NC1CCOC2(CCCC2)C1.I. The lowest BCUT2D eigenvalue weighted by molar-refractivity contribution is -0.0815. The van der Waals surface area contributed by atoms with E-state index in [-0.39, 0.29) is 29.6 Å². The molecule has 1 aromatic rings. The van der Waals surface area contributed by atoms with Crippen LogP contribution in [-0.2, 0) is 18.3 Å². The van der Waals surface area contributed by atoms with E-state index >= 15 is 0 Å². The van der Waals surface area contributed by atoms with E-state index < -0.39 is 0 Å². The summed E-state index contributed by atoms with van der Waals surface area (Å²) in [5.74, 6) is 2.65. The molecule has 0 amide bonds. The number of halogens is 1. The normalized spacial score (nSPS) is 23.1. The van der Waals surface area contributed by atoms with Crippen LogP contribution in [0.4, 0.5) is 0 Å². The van der Waals surface area contributed by atoms with Gasteiger partial charge in [-0.1, -0.05) is 12.8 Å². The van der Waals surface area contributed by atoms with Crippen molar-refractivity contribution in [3.05, 3.63) is 11.6 Å². The summed E-state index contributed by atoms with van der Waals surface area (Å²) in [7, 11) is 3.78. The van der Waals surface area contributed by atoms with Crippen molar-refractivity contribution in [1.29, 1.82) is 0 Å². The number of nitrogens with one attached hydrogen (secondary N) is 2. The molecule has 2 fully saturated rings. The Balaban J connectivity index is 0.00000208. The molecule has 24 heavy (non-hydrogen) atoms. The Bertz CT molecular complexity index is 567. The third-order valence-corrected chi connectivity index (χ3v) is 5.17. The fourth-order valence-corrected chi connectivity index (χ4v) is 3.67. The van der Waals surface area contributed by atoms with Crippen LogP contribution in [0.5, 0.6) is 0 Å². The second kappa shape index (κ2) is 8.46. The summed E-state index contributed by atoms with van der Waals surface area (Å²) >= 11 is 0. The van der Waals surface area contributed by atoms with Crippen molar-refractivity contribution < 1.29 is 4.74 Å². The summed E-state index contributed by atoms with van der Waals surface area (Å²) in [6.45, 7) is 3.41. The summed E-state index contributed by atoms with van der Waals surface area (Å²) in [4.78, 5) is 4.34. The summed E-state index contributed by atoms with van der Waals surface area (Å²) in [5.41, 5.74) is 0.121. The molecule has 2 N–H and O–H groups in total. The predicted molar refractivity (Wildman–Crippen MR) is 105 cm³/mol. The molecule has 1 atom stereocenters. The number of aliphatic imine (C=N–C) groups is 1. The zero-order valence-corrected chi connectivity index (χ0v) is 17.2. The van der Waals surface area contributed by atoms with Gasteiger partial charge < -0.3 is 19.9 Å². The van der Waals surface area contributed by atoms with Gasteiger partial charge in [0.15, 0.2) is 11.8 Å². The van der Waals surface area contributed by atoms with Gasteiger partial charge in [0, 0.05) is 26.7 Å². The number of guanidine groups is 1. The summed E-state index contributed by atoms with van der Waals surface area (Å²) < 4.78 is 8.09. The maximum atomic E-state index is 6.10. The molecular weight excluding hydrogens is 419 g/mol. The average molecular weight is 448 g/mol. The first-order valence-electron chi connectivity index (χ1n) is 8.58. The van der Waals surface area contributed by atoms with Crippen LogP contribution >= 0.6 is 24.0 Å². The molecule has 136 valence electrons. The van der Waals surface area contributed by atoms with Crippen LogP contribution in [0.1, 0.15) is 50.2 Å². The van der Waals surface area contributed by atoms with Crippen LogP contribution < -0.4 is 10.6 Å². The van der Waals surface area contributed by atoms with Crippen molar-refractivity contribution in [1.82, 2.24) is 25.4 Å². The first-order chi connectivity index (χ1) is 11.1. The molecule has 1 aliphatic heterocycles. The molecule has 0 radical (unpaired) electrons. The minimum absolute atomic E-state index is 0. The number of aromatic nitrogens is 3. The second-order valence-electron chi connectivity index (χ2n) is 6.72. The van der Waals surface area contributed by atoms with Gasteiger partial charge in [-0.2, -0.15) is 0 Å². The molecule has 3 rings (SSSR count). The monoisotopic (exact) mass is 448 g/mol. The largest absolute Gasteiger partial charge is 0.375 e. The van der Waals surface area contributed by atoms with Crippen molar-refractivity contribution in [2.75, 3.05) is 13.7 Å². The minimum atomic E-state index is 0. The molecule has 0 bridgehead atoms. The molecule has 1 saturated heterocycles. The highest BCUT2D eigenvalue weighted by molar-refractivity contribution is 14.0. The molecule has 2 heterocycles. The van der Waals surface area contributed by atoms with E-state index in [0.29, 0.717) is 12.6 Å². The first-order valence-corrected chi connectivity index (χ1v) is 8.58. The van der Waals surface area contributed by atoms with Crippen LogP contribution in [0.25, 0.3) is 0 Å². The molecule has 8 heteroatoms. The zero-order valence-electron chi connectivity index (χ0n) is 14.8. The molecule has 7 nitrogen and oxygen atoms in total. The summed E-state index contributed by atoms with van der Waals surface area (Å²) in [6.07, 6.45) is 7.11. The van der Waals surface area contributed by atoms with Crippen molar-refractivity contribution in [2.24, 2.45) is 12.0 Å². The highest BCUT2D eigenvalue weighted by atomic mass is 127. The summed E-state index contributed by atoms with van der Waals surface area (Å²) in [6, 6.07) is 0.425. The number of ether oxygens (including phenoxy) is 1. The quantitative estimate of drug-likeness (QED) is 0.420. The van der Waals surface area contributed by atoms with Crippen molar-refractivity contribution >= 4 is 29.9 Å². The lowest BCUT2D eigenvalue weighted by Gasteiger charge is -2.39. The number of rotatable bonds is 3. The molecule has 2 aliphatic rings. The average Bonchev–Trinajstić information content (AvgIpc) is 3.12. The highest BCUT2D eigenvalue weighted by Crippen LogP contribution is 2.39. The molecule has 0 aromatic carbocycles. The molecule has 1 unspecified atom stereocenters. The Kier molecular flexibility index (Phi) is 6.85. The topological polar surface area (TPSA) is 76.4 Å². The fraction of sp³-hybridized carbons (Fsp3) is 0.812. The first kappa shape index (κ1) is 19.4. The van der Waals surface area contributed by atoms with Crippen LogP contribution in [0.15, 0.2) is 4.99 Å². The van der Waals surface area contributed by atoms with Crippen LogP contribution in [-0.4, -0.2) is 46.0 Å². The second-order valence-corrected chi connectivity index (χ2v) is 6.72. The Morgan fingerprint density at radius 2 is 2.12 bits per heavy atom. The Morgan fingerprint density at radius 3 is 2.75 bits per heavy atom. The maximum absolute atomic E-state index is 6.10. The van der Waals surface area contributed by atoms with Gasteiger partial charge in [-0.25, -0.2) is 0 Å². The Labute approximate surface area is 161 Å². The van der Waals surface area contributed by atoms with Crippen LogP contribution in [0, 0.1) is 6.92 Å². The highest BCUT2D eigenvalue weighted by Gasteiger charge is 2.40. The van der Waals surface area contributed by atoms with Crippen molar-refractivity contribution in [3.63, 3.8) is 0 Å². The van der Waals surface area contributed by atoms with E-state index in [9.17, 15) is 0 Å². The van der Waals surface area contributed by atoms with Gasteiger partial charge in [-0.05, 0) is 32.6 Å². The third kappa shape index (κ3) is 4.38. The lowest BCUT2D eigenvalue weighted by atomic mass is 9.89. The molecule has 1 aromatic heterocycles. The van der Waals surface area contributed by atoms with Crippen LogP contribution in [0.3, 0.4) is 0 Å². The van der Waals surface area contributed by atoms with E-state index in [1.807, 2.05) is 25.6 Å². The van der Waals surface area contributed by atoms with Gasteiger partial charge in [-0.3, -0.25) is 4.99 Å². The van der Waals surface area contributed by atoms with Gasteiger partial charge >= 0.3 is 0 Å². The van der Waals surface area contributed by atoms with E-state index in [1.54, 1.807) is 0 Å². The van der Waals surface area contributed by atoms with E-state index in [1.165, 1.54) is 25.7 Å². The van der Waals surface area contributed by atoms with Crippen molar-refractivity contribution in [3.8, 4) is 0 Å². The number of hydrogen-bond acceptors (Lipinski definition) is 4. The Hall–Kier alpha value is -0.900. The minimum Gasteiger partial charge on any atom is -0.375 e. The van der Waals surface area contributed by atoms with Crippen molar-refractivity contribution in [2.45, 2.75) is 63.6 Å². The fourth-order valence-electron chi connectivity index (χ4n) is 3.67. The zero-order chi connectivity index (χ0) is 16.3. The standard InChI is InChI=1S/C16H28N6O.HI/c1-12-20-21-14(22(12)3)11-18-15(17-2)19-13-6-9-23-16(10-13)7-4-5-8-16;/h13H,4-11H2,1-3H3,(H2,17,18,19);1H. The lowest BCUT2D eigenvalue weighted by Crippen LogP contribution is -2.50. The Morgan fingerprint density at radius 1 is 1.38 bits per heavy atom. The van der Waals surface area contributed by atoms with Gasteiger partial charge in [0.2, 0.25) is 0 Å². The van der Waals surface area contributed by atoms with E-state index in [0.717, 1.165) is 37.1 Å². The molecule has 1 spiro atoms. The van der Waals surface area contributed by atoms with Gasteiger partial charge in [0.1, 0.15) is 5.82 Å². The van der Waals surface area contributed by atoms with Crippen LogP contribution in [0.2, 0.25) is 0 Å². The number of aryl methyl sites for hydroxylation is 1. The summed E-state index contributed by atoms with van der Waals surface area (Å²) in [5, 5.41) is 15.1. The van der Waals surface area contributed by atoms with Gasteiger partial charge in [-0.15, -0.1) is 34.2 Å². The number of nitrogens with zero attached hydrogens (tertiary/aromatic N) is 4. The number of hydrogen-bond donors (Lipinski definition) is 2. The van der Waals surface area contributed by atoms with Gasteiger partial charge in [0.25, 0.3) is 0 Å². The molecule has 1 saturated carbocycles. The molecule has 1 aliphatic carbocycles. The smallest absolute Gasteiger partial charge is 0.191 e. The third-order valence-electron chi connectivity index (χ3n) is 5.17. The maximum Gasteiger partial charge on any atom is 0.191 e. The predicted octanol–water partition coefficient (Wildman–Crippen LogP) is 1.90. The van der Waals surface area contributed by atoms with E-state index in [4.69, 9.17) is 4.74 Å². The van der Waals surface area contributed by atoms with E-state index in [2.05, 4.69) is 25.8 Å². The molecular formula is C16H29IN6O.